The Morgan fingerprint density at radius 2 is 0.929 bits per heavy atom. The molecule has 0 fully saturated rings. The van der Waals surface area contributed by atoms with E-state index in [0.717, 1.165) is 39.0 Å². The maximum atomic E-state index is 5.14. The van der Waals surface area contributed by atoms with Gasteiger partial charge in [0.05, 0.1) is 16.9 Å². The van der Waals surface area contributed by atoms with E-state index < -0.39 is 0 Å². The van der Waals surface area contributed by atoms with Crippen molar-refractivity contribution in [3.63, 3.8) is 0 Å². The molecular weight excluding hydrogens is 508 g/mol. The third-order valence-corrected chi connectivity index (χ3v) is 8.09. The molecule has 2 heterocycles. The fraction of sp³-hybridized carbons (Fsp3) is 0. The van der Waals surface area contributed by atoms with Gasteiger partial charge in [-0.25, -0.2) is 4.98 Å². The Balaban J connectivity index is 1.49. The first kappa shape index (κ1) is 24.2. The molecule has 42 heavy (non-hydrogen) atoms. The topological polar surface area (TPSA) is 25.8 Å². The average Bonchev–Trinajstić information content (AvgIpc) is 3.07. The highest BCUT2D eigenvalue weighted by molar-refractivity contribution is 6.22. The lowest BCUT2D eigenvalue weighted by atomic mass is 9.86. The lowest BCUT2D eigenvalue weighted by Gasteiger charge is -2.19. The van der Waals surface area contributed by atoms with Crippen molar-refractivity contribution in [2.45, 2.75) is 0 Å². The van der Waals surface area contributed by atoms with Crippen molar-refractivity contribution in [1.82, 2.24) is 9.97 Å². The normalized spacial score (nSPS) is 11.3. The molecule has 0 aliphatic rings. The first-order chi connectivity index (χ1) is 20.8. The van der Waals surface area contributed by atoms with Gasteiger partial charge in [0.25, 0.3) is 0 Å². The summed E-state index contributed by atoms with van der Waals surface area (Å²) in [5.41, 5.74) is 9.76. The minimum absolute atomic E-state index is 0.950. The number of rotatable bonds is 4. The molecule has 0 bridgehead atoms. The van der Waals surface area contributed by atoms with Gasteiger partial charge < -0.3 is 0 Å². The van der Waals surface area contributed by atoms with Crippen molar-refractivity contribution >= 4 is 32.4 Å². The van der Waals surface area contributed by atoms with E-state index in [2.05, 4.69) is 133 Å². The molecule has 2 heteroatoms. The quantitative estimate of drug-likeness (QED) is 0.210. The van der Waals surface area contributed by atoms with Gasteiger partial charge in [0.1, 0.15) is 0 Å². The van der Waals surface area contributed by atoms with Gasteiger partial charge in [-0.05, 0) is 56.4 Å². The summed E-state index contributed by atoms with van der Waals surface area (Å²) in [7, 11) is 0. The summed E-state index contributed by atoms with van der Waals surface area (Å²) in [5, 5.41) is 5.97. The molecule has 8 rings (SSSR count). The van der Waals surface area contributed by atoms with Gasteiger partial charge >= 0.3 is 0 Å². The van der Waals surface area contributed by atoms with E-state index in [4.69, 9.17) is 9.97 Å². The van der Waals surface area contributed by atoms with Crippen LogP contribution in [-0.4, -0.2) is 9.97 Å². The zero-order valence-electron chi connectivity index (χ0n) is 22.9. The van der Waals surface area contributed by atoms with Gasteiger partial charge in [-0.15, -0.1) is 0 Å². The summed E-state index contributed by atoms with van der Waals surface area (Å²) in [5.74, 6) is 0. The van der Waals surface area contributed by atoms with Crippen LogP contribution in [0.3, 0.4) is 0 Å². The molecule has 2 aromatic heterocycles. The third-order valence-electron chi connectivity index (χ3n) is 8.09. The fourth-order valence-electron chi connectivity index (χ4n) is 6.21. The Morgan fingerprint density at radius 1 is 0.381 bits per heavy atom. The van der Waals surface area contributed by atoms with Crippen molar-refractivity contribution in [1.29, 1.82) is 0 Å². The van der Waals surface area contributed by atoms with Crippen molar-refractivity contribution in [2.24, 2.45) is 0 Å². The number of hydrogen-bond acceptors (Lipinski definition) is 2. The summed E-state index contributed by atoms with van der Waals surface area (Å²) in [6.07, 6.45) is 1.91. The highest BCUT2D eigenvalue weighted by atomic mass is 14.7. The minimum atomic E-state index is 0.950. The number of pyridine rings is 2. The molecule has 0 radical (unpaired) electrons. The lowest BCUT2D eigenvalue weighted by Crippen LogP contribution is -1.95. The monoisotopic (exact) mass is 534 g/mol. The standard InChI is InChI=1S/C40H26N2/c1-3-14-28(15-4-1)36-25-30(26-37(42-36)29-16-5-2-6-17-29)38-33-20-9-10-21-34(33)39(40-35(38)23-12-24-41-40)32-22-11-18-27-13-7-8-19-31(27)32/h1-26H. The van der Waals surface area contributed by atoms with E-state index >= 15 is 0 Å². The molecule has 2 nitrogen and oxygen atoms in total. The Labute approximate surface area is 244 Å². The van der Waals surface area contributed by atoms with E-state index in [1.54, 1.807) is 0 Å². The highest BCUT2D eigenvalue weighted by Gasteiger charge is 2.20. The van der Waals surface area contributed by atoms with Crippen LogP contribution in [0, 0.1) is 0 Å². The molecule has 0 unspecified atom stereocenters. The maximum Gasteiger partial charge on any atom is 0.0793 e. The maximum absolute atomic E-state index is 5.14. The predicted molar refractivity (Wildman–Crippen MR) is 176 cm³/mol. The van der Waals surface area contributed by atoms with Crippen molar-refractivity contribution in [3.8, 4) is 44.8 Å². The van der Waals surface area contributed by atoms with Crippen LogP contribution in [0.5, 0.6) is 0 Å². The second-order valence-corrected chi connectivity index (χ2v) is 10.6. The molecular formula is C40H26N2. The summed E-state index contributed by atoms with van der Waals surface area (Å²) in [6.45, 7) is 0. The molecule has 196 valence electrons. The van der Waals surface area contributed by atoms with Crippen LogP contribution >= 0.6 is 0 Å². The molecule has 0 aliphatic carbocycles. The summed E-state index contributed by atoms with van der Waals surface area (Å²) >= 11 is 0. The molecule has 8 aromatic rings. The van der Waals surface area contributed by atoms with Crippen molar-refractivity contribution in [2.75, 3.05) is 0 Å². The van der Waals surface area contributed by atoms with Gasteiger partial charge in [-0.2, -0.15) is 0 Å². The van der Waals surface area contributed by atoms with Crippen LogP contribution in [0.4, 0.5) is 0 Å². The Morgan fingerprint density at radius 3 is 1.62 bits per heavy atom. The van der Waals surface area contributed by atoms with Crippen LogP contribution in [0.1, 0.15) is 0 Å². The number of benzene rings is 6. The van der Waals surface area contributed by atoms with Crippen molar-refractivity contribution in [3.05, 3.63) is 158 Å². The smallest absolute Gasteiger partial charge is 0.0793 e. The highest BCUT2D eigenvalue weighted by Crippen LogP contribution is 2.45. The van der Waals surface area contributed by atoms with Gasteiger partial charge in [-0.1, -0.05) is 133 Å². The third kappa shape index (κ3) is 4.05. The molecule has 0 saturated carbocycles. The van der Waals surface area contributed by atoms with E-state index in [1.165, 1.54) is 38.2 Å². The second-order valence-electron chi connectivity index (χ2n) is 10.6. The minimum Gasteiger partial charge on any atom is -0.256 e. The van der Waals surface area contributed by atoms with E-state index in [1.807, 2.05) is 24.4 Å². The Bertz CT molecular complexity index is 2120. The molecule has 0 amide bonds. The van der Waals surface area contributed by atoms with E-state index in [0.29, 0.717) is 0 Å². The molecule has 0 spiro atoms. The Hall–Kier alpha value is -5.60. The summed E-state index contributed by atoms with van der Waals surface area (Å²) in [6, 6.07) is 53.5. The Kier molecular flexibility index (Phi) is 5.82. The number of fused-ring (bicyclic) bond motifs is 3. The molecule has 0 atom stereocenters. The molecule has 6 aromatic carbocycles. The molecule has 0 saturated heterocycles. The lowest BCUT2D eigenvalue weighted by molar-refractivity contribution is 1.32. The molecule has 0 N–H and O–H groups in total. The van der Waals surface area contributed by atoms with Gasteiger partial charge in [0.2, 0.25) is 0 Å². The van der Waals surface area contributed by atoms with Crippen LogP contribution in [-0.2, 0) is 0 Å². The van der Waals surface area contributed by atoms with Crippen LogP contribution in [0.15, 0.2) is 158 Å². The molecule has 0 aliphatic heterocycles. The SMILES string of the molecule is c1ccc(-c2cc(-c3c4ccccc4c(-c4cccc5ccccc45)c4ncccc34)cc(-c3ccccc3)n2)cc1. The average molecular weight is 535 g/mol. The number of nitrogens with zero attached hydrogens (tertiary/aromatic N) is 2. The van der Waals surface area contributed by atoms with E-state index in [9.17, 15) is 0 Å². The predicted octanol–water partition coefficient (Wildman–Crippen LogP) is 10.6. The van der Waals surface area contributed by atoms with Crippen LogP contribution < -0.4 is 0 Å². The number of hydrogen-bond donors (Lipinski definition) is 0. The van der Waals surface area contributed by atoms with Crippen LogP contribution in [0.25, 0.3) is 77.2 Å². The van der Waals surface area contributed by atoms with E-state index in [-0.39, 0.29) is 0 Å². The zero-order chi connectivity index (χ0) is 27.9. The fourth-order valence-corrected chi connectivity index (χ4v) is 6.21. The van der Waals surface area contributed by atoms with Gasteiger partial charge in [0, 0.05) is 28.3 Å². The first-order valence-electron chi connectivity index (χ1n) is 14.3. The second kappa shape index (κ2) is 10.1. The van der Waals surface area contributed by atoms with Crippen molar-refractivity contribution < 1.29 is 0 Å². The van der Waals surface area contributed by atoms with Crippen LogP contribution in [0.2, 0.25) is 0 Å². The largest absolute Gasteiger partial charge is 0.256 e. The van der Waals surface area contributed by atoms with Gasteiger partial charge in [-0.3, -0.25) is 4.98 Å². The summed E-state index contributed by atoms with van der Waals surface area (Å²) < 4.78 is 0. The first-order valence-corrected chi connectivity index (χ1v) is 14.3. The summed E-state index contributed by atoms with van der Waals surface area (Å²) in [4.78, 5) is 10.2. The zero-order valence-corrected chi connectivity index (χ0v) is 22.9. The van der Waals surface area contributed by atoms with Gasteiger partial charge in [0.15, 0.2) is 0 Å². The number of aromatic nitrogens is 2.